The zero-order chi connectivity index (χ0) is 23.7. The molecule has 2 N–H and O–H groups in total. The van der Waals surface area contributed by atoms with E-state index in [0.717, 1.165) is 30.9 Å². The van der Waals surface area contributed by atoms with Crippen molar-refractivity contribution in [2.75, 3.05) is 29.4 Å². The van der Waals surface area contributed by atoms with Gasteiger partial charge in [0.2, 0.25) is 17.7 Å². The highest BCUT2D eigenvalue weighted by Gasteiger charge is 2.27. The predicted molar refractivity (Wildman–Crippen MR) is 127 cm³/mol. The van der Waals surface area contributed by atoms with Crippen LogP contribution in [0.5, 0.6) is 0 Å². The molecule has 1 aliphatic rings. The van der Waals surface area contributed by atoms with Gasteiger partial charge in [0, 0.05) is 56.2 Å². The monoisotopic (exact) mass is 459 g/mol. The van der Waals surface area contributed by atoms with Gasteiger partial charge in [-0.15, -0.1) is 0 Å². The highest BCUT2D eigenvalue weighted by molar-refractivity contribution is 5.61. The van der Waals surface area contributed by atoms with Crippen molar-refractivity contribution in [1.29, 1.82) is 0 Å². The van der Waals surface area contributed by atoms with Crippen LogP contribution in [0.15, 0.2) is 58.2 Å². The molecule has 11 nitrogen and oxygen atoms in total. The van der Waals surface area contributed by atoms with Crippen LogP contribution in [0.3, 0.4) is 0 Å². The number of benzene rings is 1. The molecule has 0 saturated carbocycles. The highest BCUT2D eigenvalue weighted by Crippen LogP contribution is 2.26. The number of nitrogens with zero attached hydrogens (tertiary/aromatic N) is 8. The Bertz CT molecular complexity index is 1330. The van der Waals surface area contributed by atoms with Crippen LogP contribution in [0.1, 0.15) is 12.8 Å². The second-order valence-corrected chi connectivity index (χ2v) is 8.18. The van der Waals surface area contributed by atoms with Crippen molar-refractivity contribution in [2.24, 2.45) is 12.8 Å². The number of hydrogen-bond donors (Lipinski definition) is 1. The van der Waals surface area contributed by atoms with Gasteiger partial charge in [0.1, 0.15) is 6.33 Å². The molecule has 0 aliphatic carbocycles. The van der Waals surface area contributed by atoms with Crippen LogP contribution < -0.4 is 21.1 Å². The second-order valence-electron chi connectivity index (χ2n) is 8.18. The van der Waals surface area contributed by atoms with E-state index in [1.165, 1.54) is 12.4 Å². The van der Waals surface area contributed by atoms with E-state index in [0.29, 0.717) is 29.1 Å². The Morgan fingerprint density at radius 1 is 1.12 bits per heavy atom. The highest BCUT2D eigenvalue weighted by atomic mass is 16.5. The molecule has 3 aromatic heterocycles. The fraction of sp³-hybridized carbons (Fsp3) is 0.304. The number of aromatic nitrogens is 6. The van der Waals surface area contributed by atoms with Crippen LogP contribution in [-0.2, 0) is 13.6 Å². The van der Waals surface area contributed by atoms with Crippen LogP contribution in [0.4, 0.5) is 11.6 Å². The van der Waals surface area contributed by atoms with Gasteiger partial charge in [0.15, 0.2) is 0 Å². The van der Waals surface area contributed by atoms with Gasteiger partial charge in [0.05, 0.1) is 17.9 Å². The summed E-state index contributed by atoms with van der Waals surface area (Å²) in [5, 5.41) is 3.97. The van der Waals surface area contributed by atoms with Gasteiger partial charge in [-0.25, -0.2) is 15.0 Å². The zero-order valence-electron chi connectivity index (χ0n) is 19.0. The second kappa shape index (κ2) is 9.02. The molecule has 4 aromatic rings. The summed E-state index contributed by atoms with van der Waals surface area (Å²) >= 11 is 0. The van der Waals surface area contributed by atoms with Gasteiger partial charge in [-0.05, 0) is 37.3 Å². The summed E-state index contributed by atoms with van der Waals surface area (Å²) in [4.78, 5) is 34.4. The fourth-order valence-electron chi connectivity index (χ4n) is 4.12. The first-order valence-electron chi connectivity index (χ1n) is 11.0. The van der Waals surface area contributed by atoms with E-state index in [1.807, 2.05) is 12.1 Å². The Morgan fingerprint density at radius 2 is 1.94 bits per heavy atom. The van der Waals surface area contributed by atoms with E-state index >= 15 is 0 Å². The van der Waals surface area contributed by atoms with Gasteiger partial charge in [-0.2, -0.15) is 4.98 Å². The Labute approximate surface area is 195 Å². The largest absolute Gasteiger partial charge is 0.368 e. The first-order valence-corrected chi connectivity index (χ1v) is 11.0. The van der Waals surface area contributed by atoms with Crippen molar-refractivity contribution in [3.05, 3.63) is 65.2 Å². The van der Waals surface area contributed by atoms with Gasteiger partial charge >= 0.3 is 0 Å². The van der Waals surface area contributed by atoms with E-state index in [2.05, 4.69) is 49.0 Å². The molecule has 1 fully saturated rings. The number of piperazine rings is 1. The average Bonchev–Trinajstić information content (AvgIpc) is 3.36. The summed E-state index contributed by atoms with van der Waals surface area (Å²) in [6, 6.07) is 11.5. The van der Waals surface area contributed by atoms with Crippen molar-refractivity contribution < 1.29 is 4.52 Å². The van der Waals surface area contributed by atoms with Crippen molar-refractivity contribution in [3.8, 4) is 22.8 Å². The van der Waals surface area contributed by atoms with E-state index in [9.17, 15) is 4.79 Å². The Morgan fingerprint density at radius 3 is 2.62 bits per heavy atom. The minimum Gasteiger partial charge on any atom is -0.368 e. The molecule has 1 atom stereocenters. The van der Waals surface area contributed by atoms with Gasteiger partial charge < -0.3 is 20.1 Å². The average molecular weight is 460 g/mol. The first kappa shape index (κ1) is 21.7. The summed E-state index contributed by atoms with van der Waals surface area (Å²) in [6.07, 6.45) is 3.10. The molecule has 1 aliphatic heterocycles. The maximum atomic E-state index is 12.7. The Hall–Kier alpha value is -4.12. The van der Waals surface area contributed by atoms with Crippen LogP contribution in [0.25, 0.3) is 22.8 Å². The molecule has 34 heavy (non-hydrogen) atoms. The molecule has 0 bridgehead atoms. The van der Waals surface area contributed by atoms with E-state index in [-0.39, 0.29) is 18.1 Å². The molecule has 1 unspecified atom stereocenters. The molecule has 0 spiro atoms. The van der Waals surface area contributed by atoms with Crippen molar-refractivity contribution in [1.82, 2.24) is 29.7 Å². The van der Waals surface area contributed by atoms with Crippen molar-refractivity contribution >= 4 is 11.6 Å². The SMILES string of the molecule is CC1CN(c2ccc(-c3noc(CN)n3)cc2)CCN1c1nc(-c2ccncn2)cc(=O)n1C. The topological polar surface area (TPSA) is 132 Å². The number of anilines is 2. The lowest BCUT2D eigenvalue weighted by Crippen LogP contribution is -2.53. The molecular weight excluding hydrogens is 434 g/mol. The normalized spacial score (nSPS) is 16.1. The maximum Gasteiger partial charge on any atom is 0.255 e. The summed E-state index contributed by atoms with van der Waals surface area (Å²) in [5.41, 5.74) is 8.58. The summed E-state index contributed by atoms with van der Waals surface area (Å²) in [6.45, 7) is 4.65. The van der Waals surface area contributed by atoms with E-state index < -0.39 is 0 Å². The van der Waals surface area contributed by atoms with Gasteiger partial charge in [-0.1, -0.05) is 5.16 Å². The Balaban J connectivity index is 1.34. The zero-order valence-corrected chi connectivity index (χ0v) is 19.0. The minimum atomic E-state index is -0.122. The number of rotatable bonds is 5. The molecule has 0 radical (unpaired) electrons. The summed E-state index contributed by atoms with van der Waals surface area (Å²) in [5.74, 6) is 1.58. The molecule has 4 heterocycles. The van der Waals surface area contributed by atoms with Crippen LogP contribution >= 0.6 is 0 Å². The lowest BCUT2D eigenvalue weighted by molar-refractivity contribution is 0.380. The lowest BCUT2D eigenvalue weighted by atomic mass is 10.1. The van der Waals surface area contributed by atoms with Crippen LogP contribution in [0, 0.1) is 0 Å². The van der Waals surface area contributed by atoms with Crippen LogP contribution in [0.2, 0.25) is 0 Å². The quantitative estimate of drug-likeness (QED) is 0.468. The first-order chi connectivity index (χ1) is 16.5. The van der Waals surface area contributed by atoms with Gasteiger partial charge in [0.25, 0.3) is 5.56 Å². The lowest BCUT2D eigenvalue weighted by Gasteiger charge is -2.42. The molecule has 11 heteroatoms. The third-order valence-electron chi connectivity index (χ3n) is 5.97. The molecule has 174 valence electrons. The minimum absolute atomic E-state index is 0.122. The number of nitrogens with two attached hydrogens (primary N) is 1. The van der Waals surface area contributed by atoms with E-state index in [1.54, 1.807) is 23.9 Å². The van der Waals surface area contributed by atoms with Crippen molar-refractivity contribution in [3.63, 3.8) is 0 Å². The van der Waals surface area contributed by atoms with Crippen molar-refractivity contribution in [2.45, 2.75) is 19.5 Å². The van der Waals surface area contributed by atoms with E-state index in [4.69, 9.17) is 15.2 Å². The molecule has 1 saturated heterocycles. The third-order valence-corrected chi connectivity index (χ3v) is 5.97. The predicted octanol–water partition coefficient (Wildman–Crippen LogP) is 1.46. The molecule has 1 aromatic carbocycles. The smallest absolute Gasteiger partial charge is 0.255 e. The summed E-state index contributed by atoms with van der Waals surface area (Å²) < 4.78 is 6.69. The third kappa shape index (κ3) is 4.13. The fourth-order valence-corrected chi connectivity index (χ4v) is 4.12. The number of hydrogen-bond acceptors (Lipinski definition) is 10. The Kier molecular flexibility index (Phi) is 5.76. The summed E-state index contributed by atoms with van der Waals surface area (Å²) in [7, 11) is 1.75. The van der Waals surface area contributed by atoms with Crippen LogP contribution in [-0.4, -0.2) is 55.3 Å². The molecule has 0 amide bonds. The molecular formula is C23H25N9O2. The molecule has 5 rings (SSSR count). The van der Waals surface area contributed by atoms with Gasteiger partial charge in [-0.3, -0.25) is 9.36 Å². The standard InChI is InChI=1S/C23H25N9O2/c1-15-13-31(17-5-3-16(4-6-17)22-28-20(12-24)34-29-22)9-10-32(15)23-27-19(11-21(33)30(23)2)18-7-8-25-14-26-18/h3-8,11,14-15H,9-10,12-13,24H2,1-2H3. The maximum absolute atomic E-state index is 12.7.